The topological polar surface area (TPSA) is 98.7 Å². The van der Waals surface area contributed by atoms with E-state index in [-0.39, 0.29) is 5.69 Å². The third kappa shape index (κ3) is 3.20. The van der Waals surface area contributed by atoms with Crippen LogP contribution in [0.2, 0.25) is 0 Å². The number of thiazole rings is 1. The molecule has 7 nitrogen and oxygen atoms in total. The average molecular weight is 320 g/mol. The Balaban J connectivity index is 1.58. The van der Waals surface area contributed by atoms with Crippen LogP contribution >= 0.6 is 23.1 Å². The van der Waals surface area contributed by atoms with Gasteiger partial charge in [-0.1, -0.05) is 29.1 Å². The summed E-state index contributed by atoms with van der Waals surface area (Å²) < 4.78 is 3.82. The molecule has 3 rings (SSSR count). The lowest BCUT2D eigenvalue weighted by Crippen LogP contribution is -2.30. The molecule has 1 amide bonds. The number of nitrogen functional groups attached to an aromatic ring is 1. The number of benzene rings is 1. The second kappa shape index (κ2) is 6.20. The lowest BCUT2D eigenvalue weighted by atomic mass is 10.3. The number of hydrogen-bond acceptors (Lipinski definition) is 7. The number of rotatable bonds is 5. The fraction of sp³-hybridized carbons (Fsp3) is 0.167. The van der Waals surface area contributed by atoms with Crippen molar-refractivity contribution in [2.24, 2.45) is 5.84 Å². The zero-order valence-corrected chi connectivity index (χ0v) is 12.5. The number of carbonyl (C=O) groups is 1. The number of aromatic nitrogens is 4. The second-order valence-corrected chi connectivity index (χ2v) is 6.51. The molecule has 0 bridgehead atoms. The van der Waals surface area contributed by atoms with Gasteiger partial charge in [-0.15, -0.1) is 16.4 Å². The molecule has 0 aliphatic rings. The van der Waals surface area contributed by atoms with Gasteiger partial charge in [-0.05, 0) is 12.1 Å². The molecule has 0 spiro atoms. The zero-order chi connectivity index (χ0) is 14.7. The number of aryl methyl sites for hydroxylation is 1. The molecule has 0 saturated heterocycles. The van der Waals surface area contributed by atoms with E-state index < -0.39 is 5.91 Å². The SMILES string of the molecule is NNC(=O)c1cn(CCSc2nc3ccccc3s2)nn1. The number of para-hydroxylation sites is 1. The van der Waals surface area contributed by atoms with Gasteiger partial charge in [-0.3, -0.25) is 14.9 Å². The molecule has 1 aromatic carbocycles. The van der Waals surface area contributed by atoms with Crippen LogP contribution in [0.4, 0.5) is 0 Å². The number of nitrogens with zero attached hydrogens (tertiary/aromatic N) is 4. The molecule has 0 aliphatic carbocycles. The number of thioether (sulfide) groups is 1. The highest BCUT2D eigenvalue weighted by molar-refractivity contribution is 8.01. The molecule has 108 valence electrons. The Hall–Kier alpha value is -1.97. The third-order valence-electron chi connectivity index (χ3n) is 2.72. The van der Waals surface area contributed by atoms with E-state index in [0.717, 1.165) is 15.6 Å². The fourth-order valence-corrected chi connectivity index (χ4v) is 3.79. The fourth-order valence-electron chi connectivity index (χ4n) is 1.72. The first-order valence-corrected chi connectivity index (χ1v) is 7.96. The van der Waals surface area contributed by atoms with Crippen LogP contribution < -0.4 is 11.3 Å². The molecule has 21 heavy (non-hydrogen) atoms. The minimum atomic E-state index is -0.444. The van der Waals surface area contributed by atoms with Crippen LogP contribution in [-0.2, 0) is 6.54 Å². The molecule has 2 heterocycles. The van der Waals surface area contributed by atoms with Crippen molar-refractivity contribution >= 4 is 39.2 Å². The molecule has 2 aromatic heterocycles. The highest BCUT2D eigenvalue weighted by Gasteiger charge is 2.09. The van der Waals surface area contributed by atoms with Gasteiger partial charge in [0.05, 0.1) is 23.0 Å². The minimum absolute atomic E-state index is 0.211. The summed E-state index contributed by atoms with van der Waals surface area (Å²) in [5.74, 6) is 5.39. The Labute approximate surface area is 128 Å². The zero-order valence-electron chi connectivity index (χ0n) is 10.9. The van der Waals surface area contributed by atoms with Gasteiger partial charge < -0.3 is 0 Å². The Kier molecular flexibility index (Phi) is 4.13. The van der Waals surface area contributed by atoms with E-state index in [1.165, 1.54) is 4.70 Å². The van der Waals surface area contributed by atoms with Gasteiger partial charge in [-0.25, -0.2) is 10.8 Å². The maximum Gasteiger partial charge on any atom is 0.287 e. The summed E-state index contributed by atoms with van der Waals surface area (Å²) in [7, 11) is 0. The number of fused-ring (bicyclic) bond motifs is 1. The van der Waals surface area contributed by atoms with Crippen molar-refractivity contribution in [3.05, 3.63) is 36.2 Å². The molecule has 3 aromatic rings. The van der Waals surface area contributed by atoms with Gasteiger partial charge >= 0.3 is 0 Å². The average Bonchev–Trinajstić information content (AvgIpc) is 3.12. The van der Waals surface area contributed by atoms with Crippen molar-refractivity contribution in [1.82, 2.24) is 25.4 Å². The van der Waals surface area contributed by atoms with Gasteiger partial charge in [0.2, 0.25) is 0 Å². The molecule has 0 unspecified atom stereocenters. The Morgan fingerprint density at radius 3 is 3.10 bits per heavy atom. The predicted molar refractivity (Wildman–Crippen MR) is 82.0 cm³/mol. The van der Waals surface area contributed by atoms with Crippen LogP contribution in [0.25, 0.3) is 10.2 Å². The van der Waals surface area contributed by atoms with Gasteiger partial charge in [0, 0.05) is 5.75 Å². The maximum absolute atomic E-state index is 11.3. The monoisotopic (exact) mass is 320 g/mol. The van der Waals surface area contributed by atoms with Crippen LogP contribution in [0.15, 0.2) is 34.8 Å². The van der Waals surface area contributed by atoms with E-state index in [0.29, 0.717) is 6.54 Å². The van der Waals surface area contributed by atoms with E-state index in [1.807, 2.05) is 23.6 Å². The first-order valence-electron chi connectivity index (χ1n) is 6.16. The smallest absolute Gasteiger partial charge is 0.287 e. The first kappa shape index (κ1) is 14.0. The highest BCUT2D eigenvalue weighted by Crippen LogP contribution is 2.29. The summed E-state index contributed by atoms with van der Waals surface area (Å²) in [5.41, 5.74) is 3.25. The molecular formula is C12H12N6OS2. The molecule has 9 heteroatoms. The van der Waals surface area contributed by atoms with E-state index in [1.54, 1.807) is 34.0 Å². The normalized spacial score (nSPS) is 10.9. The van der Waals surface area contributed by atoms with Gasteiger partial charge in [-0.2, -0.15) is 0 Å². The van der Waals surface area contributed by atoms with Crippen molar-refractivity contribution < 1.29 is 4.79 Å². The quantitative estimate of drug-likeness (QED) is 0.318. The number of carbonyl (C=O) groups excluding carboxylic acids is 1. The Bertz CT molecular complexity index is 735. The molecule has 0 atom stereocenters. The van der Waals surface area contributed by atoms with Crippen LogP contribution in [0.1, 0.15) is 10.5 Å². The van der Waals surface area contributed by atoms with E-state index in [2.05, 4.69) is 21.4 Å². The summed E-state index contributed by atoms with van der Waals surface area (Å²) >= 11 is 3.33. The summed E-state index contributed by atoms with van der Waals surface area (Å²) in [6.45, 7) is 0.644. The number of amides is 1. The molecular weight excluding hydrogens is 308 g/mol. The summed E-state index contributed by atoms with van der Waals surface area (Å²) in [6.07, 6.45) is 1.57. The highest BCUT2D eigenvalue weighted by atomic mass is 32.2. The molecule has 0 aliphatic heterocycles. The summed E-state index contributed by atoms with van der Waals surface area (Å²) in [4.78, 5) is 15.8. The Morgan fingerprint density at radius 1 is 1.43 bits per heavy atom. The summed E-state index contributed by atoms with van der Waals surface area (Å²) in [6, 6.07) is 8.06. The van der Waals surface area contributed by atoms with Crippen LogP contribution in [0.3, 0.4) is 0 Å². The molecule has 0 fully saturated rings. The number of hydrogen-bond donors (Lipinski definition) is 2. The second-order valence-electron chi connectivity index (χ2n) is 4.14. The van der Waals surface area contributed by atoms with Crippen LogP contribution in [0.5, 0.6) is 0 Å². The van der Waals surface area contributed by atoms with Crippen molar-refractivity contribution in [2.45, 2.75) is 10.9 Å². The van der Waals surface area contributed by atoms with Gasteiger partial charge in [0.1, 0.15) is 0 Å². The van der Waals surface area contributed by atoms with Gasteiger partial charge in [0.25, 0.3) is 5.91 Å². The molecule has 3 N–H and O–H groups in total. The number of nitrogens with two attached hydrogens (primary N) is 1. The lowest BCUT2D eigenvalue weighted by Gasteiger charge is -1.97. The minimum Gasteiger partial charge on any atom is -0.289 e. The lowest BCUT2D eigenvalue weighted by molar-refractivity contribution is 0.0948. The number of nitrogens with one attached hydrogen (secondary N) is 1. The van der Waals surface area contributed by atoms with Crippen molar-refractivity contribution in [3.8, 4) is 0 Å². The largest absolute Gasteiger partial charge is 0.289 e. The van der Waals surface area contributed by atoms with E-state index in [9.17, 15) is 4.79 Å². The van der Waals surface area contributed by atoms with Crippen molar-refractivity contribution in [2.75, 3.05) is 5.75 Å². The van der Waals surface area contributed by atoms with Crippen molar-refractivity contribution in [1.29, 1.82) is 0 Å². The Morgan fingerprint density at radius 2 is 2.29 bits per heavy atom. The van der Waals surface area contributed by atoms with Crippen LogP contribution in [0, 0.1) is 0 Å². The third-order valence-corrected chi connectivity index (χ3v) is 4.88. The molecule has 0 saturated carbocycles. The summed E-state index contributed by atoms with van der Waals surface area (Å²) in [5, 5.41) is 7.63. The van der Waals surface area contributed by atoms with Crippen LogP contribution in [-0.4, -0.2) is 31.6 Å². The first-order chi connectivity index (χ1) is 10.3. The van der Waals surface area contributed by atoms with Gasteiger partial charge in [0.15, 0.2) is 10.0 Å². The van der Waals surface area contributed by atoms with E-state index >= 15 is 0 Å². The number of hydrazine groups is 1. The molecule has 0 radical (unpaired) electrons. The predicted octanol–water partition coefficient (Wildman–Crippen LogP) is 1.28. The maximum atomic E-state index is 11.3. The van der Waals surface area contributed by atoms with Crippen molar-refractivity contribution in [3.63, 3.8) is 0 Å². The van der Waals surface area contributed by atoms with E-state index in [4.69, 9.17) is 5.84 Å². The standard InChI is InChI=1S/C12H12N6OS2/c13-15-11(19)9-7-18(17-16-9)5-6-20-12-14-8-3-1-2-4-10(8)21-12/h1-4,7H,5-6,13H2,(H,15,19).